The van der Waals surface area contributed by atoms with Gasteiger partial charge in [0.15, 0.2) is 0 Å². The van der Waals surface area contributed by atoms with E-state index in [1.807, 2.05) is 26.0 Å². The minimum Gasteiger partial charge on any atom is -0.351 e. The molecule has 3 aromatic rings. The van der Waals surface area contributed by atoms with Crippen LogP contribution in [0.3, 0.4) is 0 Å². The van der Waals surface area contributed by atoms with E-state index in [2.05, 4.69) is 25.1 Å². The molecular formula is C14H10ClN5S. The maximum Gasteiger partial charge on any atom is 0.129 e. The van der Waals surface area contributed by atoms with Crippen LogP contribution in [0.4, 0.5) is 11.4 Å². The van der Waals surface area contributed by atoms with E-state index in [4.69, 9.17) is 11.6 Å². The first-order valence-electron chi connectivity index (χ1n) is 6.16. The maximum atomic E-state index is 9.32. The van der Waals surface area contributed by atoms with Gasteiger partial charge in [0.1, 0.15) is 17.1 Å². The molecule has 0 fully saturated rings. The minimum atomic E-state index is 0.497. The molecular weight excluding hydrogens is 306 g/mol. The Morgan fingerprint density at radius 3 is 2.86 bits per heavy atom. The summed E-state index contributed by atoms with van der Waals surface area (Å²) in [6.07, 6.45) is 0. The third kappa shape index (κ3) is 2.42. The van der Waals surface area contributed by atoms with Crippen molar-refractivity contribution in [2.75, 3.05) is 5.32 Å². The fourth-order valence-corrected chi connectivity index (χ4v) is 2.89. The quantitative estimate of drug-likeness (QED) is 0.774. The topological polar surface area (TPSA) is 74.5 Å². The van der Waals surface area contributed by atoms with E-state index in [0.29, 0.717) is 33.2 Å². The number of nitriles is 1. The van der Waals surface area contributed by atoms with Gasteiger partial charge in [-0.1, -0.05) is 11.6 Å². The minimum absolute atomic E-state index is 0.497. The zero-order chi connectivity index (χ0) is 15.0. The number of hydrogen-bond donors (Lipinski definition) is 1. The predicted octanol–water partition coefficient (Wildman–Crippen LogP) is 3.97. The predicted molar refractivity (Wildman–Crippen MR) is 84.1 cm³/mol. The number of nitrogens with one attached hydrogen (secondary N) is 1. The average molecular weight is 316 g/mol. The smallest absolute Gasteiger partial charge is 0.129 e. The van der Waals surface area contributed by atoms with Crippen LogP contribution in [0.5, 0.6) is 0 Å². The van der Waals surface area contributed by atoms with Crippen molar-refractivity contribution >= 4 is 45.7 Å². The van der Waals surface area contributed by atoms with Crippen molar-refractivity contribution in [2.24, 2.45) is 0 Å². The molecule has 0 spiro atoms. The van der Waals surface area contributed by atoms with Crippen molar-refractivity contribution in [3.05, 3.63) is 40.2 Å². The Morgan fingerprint density at radius 1 is 1.29 bits per heavy atom. The van der Waals surface area contributed by atoms with Crippen LogP contribution in [-0.2, 0) is 0 Å². The largest absolute Gasteiger partial charge is 0.351 e. The zero-order valence-corrected chi connectivity index (χ0v) is 12.9. The van der Waals surface area contributed by atoms with Crippen molar-refractivity contribution < 1.29 is 0 Å². The summed E-state index contributed by atoms with van der Waals surface area (Å²) in [5.74, 6) is 0. The number of rotatable bonds is 2. The SMILES string of the molecule is Cc1cc(Nc2c(Cl)ccc3nsnc23)c(C#N)c(C)n1. The molecule has 3 rings (SSSR count). The van der Waals surface area contributed by atoms with Gasteiger partial charge in [-0.2, -0.15) is 14.0 Å². The van der Waals surface area contributed by atoms with Gasteiger partial charge in [-0.25, -0.2) is 0 Å². The highest BCUT2D eigenvalue weighted by Crippen LogP contribution is 2.33. The summed E-state index contributed by atoms with van der Waals surface area (Å²) >= 11 is 7.39. The van der Waals surface area contributed by atoms with Gasteiger partial charge in [0.05, 0.1) is 39.4 Å². The summed E-state index contributed by atoms with van der Waals surface area (Å²) in [7, 11) is 0. The number of fused-ring (bicyclic) bond motifs is 1. The molecule has 5 nitrogen and oxygen atoms in total. The Bertz CT molecular complexity index is 881. The van der Waals surface area contributed by atoms with Gasteiger partial charge in [-0.05, 0) is 32.0 Å². The van der Waals surface area contributed by atoms with Crippen molar-refractivity contribution in [1.82, 2.24) is 13.7 Å². The third-order valence-corrected chi connectivity index (χ3v) is 3.93. The van der Waals surface area contributed by atoms with E-state index >= 15 is 0 Å². The van der Waals surface area contributed by atoms with Gasteiger partial charge in [0, 0.05) is 5.69 Å². The molecule has 0 saturated carbocycles. The number of pyridine rings is 1. The molecule has 0 saturated heterocycles. The number of aryl methyl sites for hydroxylation is 2. The van der Waals surface area contributed by atoms with Gasteiger partial charge in [0.25, 0.3) is 0 Å². The molecule has 0 amide bonds. The molecule has 7 heteroatoms. The highest BCUT2D eigenvalue weighted by Gasteiger charge is 2.14. The first kappa shape index (κ1) is 13.7. The zero-order valence-electron chi connectivity index (χ0n) is 11.3. The third-order valence-electron chi connectivity index (χ3n) is 3.08. The lowest BCUT2D eigenvalue weighted by molar-refractivity contribution is 1.11. The van der Waals surface area contributed by atoms with Crippen LogP contribution in [0.15, 0.2) is 18.2 Å². The fraction of sp³-hybridized carbons (Fsp3) is 0.143. The molecule has 2 heterocycles. The van der Waals surface area contributed by atoms with Gasteiger partial charge in [0.2, 0.25) is 0 Å². The van der Waals surface area contributed by atoms with E-state index < -0.39 is 0 Å². The summed E-state index contributed by atoms with van der Waals surface area (Å²) in [5.41, 5.74) is 4.80. The molecule has 0 aliphatic rings. The Morgan fingerprint density at radius 2 is 2.10 bits per heavy atom. The van der Waals surface area contributed by atoms with Crippen LogP contribution in [0.1, 0.15) is 17.0 Å². The van der Waals surface area contributed by atoms with Crippen LogP contribution >= 0.6 is 23.3 Å². The molecule has 0 aliphatic heterocycles. The summed E-state index contributed by atoms with van der Waals surface area (Å²) in [6, 6.07) is 7.58. The Labute approximate surface area is 130 Å². The van der Waals surface area contributed by atoms with Crippen LogP contribution in [0.2, 0.25) is 5.02 Å². The van der Waals surface area contributed by atoms with Crippen LogP contribution in [-0.4, -0.2) is 13.7 Å². The number of nitrogens with zero attached hydrogens (tertiary/aromatic N) is 4. The fourth-order valence-electron chi connectivity index (χ4n) is 2.15. The maximum absolute atomic E-state index is 9.32. The van der Waals surface area contributed by atoms with E-state index in [-0.39, 0.29) is 0 Å². The number of halogens is 1. The van der Waals surface area contributed by atoms with Crippen molar-refractivity contribution in [2.45, 2.75) is 13.8 Å². The highest BCUT2D eigenvalue weighted by atomic mass is 35.5. The molecule has 0 bridgehead atoms. The van der Waals surface area contributed by atoms with Crippen molar-refractivity contribution in [1.29, 1.82) is 5.26 Å². The summed E-state index contributed by atoms with van der Waals surface area (Å²) in [4.78, 5) is 4.30. The van der Waals surface area contributed by atoms with Crippen LogP contribution in [0.25, 0.3) is 11.0 Å². The highest BCUT2D eigenvalue weighted by molar-refractivity contribution is 7.00. The molecule has 1 N–H and O–H groups in total. The second kappa shape index (κ2) is 5.28. The summed E-state index contributed by atoms with van der Waals surface area (Å²) < 4.78 is 8.46. The van der Waals surface area contributed by atoms with Gasteiger partial charge >= 0.3 is 0 Å². The number of aromatic nitrogens is 3. The summed E-state index contributed by atoms with van der Waals surface area (Å²) in [5, 5.41) is 13.1. The van der Waals surface area contributed by atoms with E-state index in [1.165, 1.54) is 0 Å². The van der Waals surface area contributed by atoms with Gasteiger partial charge in [-0.15, -0.1) is 0 Å². The Kier molecular flexibility index (Phi) is 3.45. The number of anilines is 2. The second-order valence-corrected chi connectivity index (χ2v) is 5.50. The van der Waals surface area contributed by atoms with Gasteiger partial charge in [-0.3, -0.25) is 4.98 Å². The van der Waals surface area contributed by atoms with E-state index in [9.17, 15) is 5.26 Å². The van der Waals surface area contributed by atoms with E-state index in [0.717, 1.165) is 22.9 Å². The number of benzene rings is 1. The average Bonchev–Trinajstić information content (AvgIpc) is 2.90. The van der Waals surface area contributed by atoms with E-state index in [1.54, 1.807) is 6.07 Å². The monoisotopic (exact) mass is 315 g/mol. The van der Waals surface area contributed by atoms with Crippen molar-refractivity contribution in [3.8, 4) is 6.07 Å². The van der Waals surface area contributed by atoms with Crippen molar-refractivity contribution in [3.63, 3.8) is 0 Å². The van der Waals surface area contributed by atoms with Crippen LogP contribution < -0.4 is 5.32 Å². The summed E-state index contributed by atoms with van der Waals surface area (Å²) in [6.45, 7) is 3.69. The molecule has 0 aliphatic carbocycles. The lowest BCUT2D eigenvalue weighted by atomic mass is 10.1. The molecule has 21 heavy (non-hydrogen) atoms. The molecule has 0 unspecified atom stereocenters. The standard InChI is InChI=1S/C14H10ClN5S/c1-7-5-12(9(6-16)8(2)17-7)18-13-10(15)3-4-11-14(13)20-21-19-11/h3-5H,1-2H3,(H,17,18). The first-order valence-corrected chi connectivity index (χ1v) is 7.27. The van der Waals surface area contributed by atoms with Crippen LogP contribution in [0, 0.1) is 25.2 Å². The Hall–Kier alpha value is -2.23. The lowest BCUT2D eigenvalue weighted by Crippen LogP contribution is -2.00. The Balaban J connectivity index is 2.18. The lowest BCUT2D eigenvalue weighted by Gasteiger charge is -2.12. The molecule has 2 aromatic heterocycles. The molecule has 0 atom stereocenters. The van der Waals surface area contributed by atoms with Gasteiger partial charge < -0.3 is 5.32 Å². The number of hydrogen-bond acceptors (Lipinski definition) is 6. The normalized spacial score (nSPS) is 10.6. The first-order chi connectivity index (χ1) is 10.1. The molecule has 1 aromatic carbocycles. The molecule has 0 radical (unpaired) electrons. The second-order valence-electron chi connectivity index (χ2n) is 4.56. The molecule has 104 valence electrons.